The molecule has 0 spiro atoms. The minimum absolute atomic E-state index is 0.672. The van der Waals surface area contributed by atoms with E-state index in [1.165, 1.54) is 28.0 Å². The lowest BCUT2D eigenvalue weighted by atomic mass is 9.95. The summed E-state index contributed by atoms with van der Waals surface area (Å²) in [5.74, 6) is 1.77. The Balaban J connectivity index is 1.38. The van der Waals surface area contributed by atoms with E-state index in [1.807, 2.05) is 0 Å². The lowest BCUT2D eigenvalue weighted by Gasteiger charge is -2.44. The molecule has 1 atom stereocenters. The van der Waals surface area contributed by atoms with Crippen LogP contribution in [-0.4, -0.2) is 53.4 Å². The van der Waals surface area contributed by atoms with Crippen LogP contribution in [0.25, 0.3) is 0 Å². The van der Waals surface area contributed by atoms with Gasteiger partial charge in [0.2, 0.25) is 5.96 Å². The van der Waals surface area contributed by atoms with Gasteiger partial charge in [-0.25, -0.2) is 0 Å². The minimum atomic E-state index is 0.672. The lowest BCUT2D eigenvalue weighted by molar-refractivity contribution is 0.271. The molecule has 1 unspecified atom stereocenters. The molecule has 0 aromatic heterocycles. The Morgan fingerprint density at radius 2 is 2.03 bits per heavy atom. The highest BCUT2D eigenvalue weighted by Gasteiger charge is 2.38. The normalized spacial score (nSPS) is 24.1. The van der Waals surface area contributed by atoms with E-state index in [4.69, 9.17) is 4.99 Å². The molecule has 0 saturated carbocycles. The zero-order chi connectivity index (χ0) is 20.7. The third-order valence-corrected chi connectivity index (χ3v) is 6.84. The van der Waals surface area contributed by atoms with Crippen molar-refractivity contribution in [1.82, 2.24) is 14.7 Å². The topological polar surface area (TPSA) is 22.1 Å². The summed E-state index contributed by atoms with van der Waals surface area (Å²) in [6.07, 6.45) is 9.33. The maximum Gasteiger partial charge on any atom is 0.205 e. The van der Waals surface area contributed by atoms with E-state index in [1.54, 1.807) is 0 Å². The Bertz CT molecular complexity index is 981. The largest absolute Gasteiger partial charge is 0.314 e. The standard InChI is InChI=1S/C26H32N4/c1-19-8-10-22(11-9-19)16-28-14-12-25-24(18-28)21(3)30(26-27-13-15-29(25)26)17-23-7-5-4-6-20(23)2/h4-8,10-11,19H,3,9,12-18H2,1-2H3. The van der Waals surface area contributed by atoms with Gasteiger partial charge in [-0.2, -0.15) is 0 Å². The van der Waals surface area contributed by atoms with Crippen LogP contribution in [0.1, 0.15) is 30.9 Å². The van der Waals surface area contributed by atoms with Crippen LogP contribution in [-0.2, 0) is 6.54 Å². The van der Waals surface area contributed by atoms with E-state index < -0.39 is 0 Å². The van der Waals surface area contributed by atoms with Crippen molar-refractivity contribution in [3.8, 4) is 0 Å². The molecule has 5 rings (SSSR count). The van der Waals surface area contributed by atoms with Gasteiger partial charge in [-0.05, 0) is 36.0 Å². The van der Waals surface area contributed by atoms with Gasteiger partial charge in [0.05, 0.1) is 13.1 Å². The van der Waals surface area contributed by atoms with Crippen LogP contribution in [0, 0.1) is 12.8 Å². The number of aryl methyl sites for hydroxylation is 1. The Labute approximate surface area is 180 Å². The Morgan fingerprint density at radius 3 is 2.83 bits per heavy atom. The summed E-state index contributed by atoms with van der Waals surface area (Å²) in [6, 6.07) is 8.65. The molecule has 30 heavy (non-hydrogen) atoms. The Kier molecular flexibility index (Phi) is 5.11. The van der Waals surface area contributed by atoms with E-state index in [0.717, 1.165) is 63.8 Å². The monoisotopic (exact) mass is 400 g/mol. The van der Waals surface area contributed by atoms with Gasteiger partial charge in [0.1, 0.15) is 0 Å². The number of nitrogens with zero attached hydrogens (tertiary/aromatic N) is 4. The number of benzene rings is 1. The van der Waals surface area contributed by atoms with Crippen molar-refractivity contribution < 1.29 is 0 Å². The highest BCUT2D eigenvalue weighted by atomic mass is 15.4. The predicted molar refractivity (Wildman–Crippen MR) is 124 cm³/mol. The van der Waals surface area contributed by atoms with Crippen LogP contribution in [0.15, 0.2) is 76.6 Å². The molecule has 1 aromatic rings. The van der Waals surface area contributed by atoms with E-state index >= 15 is 0 Å². The molecule has 3 heterocycles. The molecule has 4 aliphatic rings. The van der Waals surface area contributed by atoms with Gasteiger partial charge >= 0.3 is 0 Å². The number of fused-ring (bicyclic) bond motifs is 2. The van der Waals surface area contributed by atoms with Gasteiger partial charge in [-0.1, -0.05) is 56.0 Å². The molecule has 4 heteroatoms. The highest BCUT2D eigenvalue weighted by Crippen LogP contribution is 2.36. The molecular formula is C26H32N4. The van der Waals surface area contributed by atoms with E-state index in [-0.39, 0.29) is 0 Å². The van der Waals surface area contributed by atoms with Crippen LogP contribution >= 0.6 is 0 Å². The van der Waals surface area contributed by atoms with Crippen molar-refractivity contribution in [3.05, 3.63) is 82.7 Å². The zero-order valence-corrected chi connectivity index (χ0v) is 18.3. The van der Waals surface area contributed by atoms with Gasteiger partial charge in [0.25, 0.3) is 0 Å². The summed E-state index contributed by atoms with van der Waals surface area (Å²) in [5.41, 5.74) is 8.12. The zero-order valence-electron chi connectivity index (χ0n) is 18.3. The summed E-state index contributed by atoms with van der Waals surface area (Å²) in [4.78, 5) is 12.3. The van der Waals surface area contributed by atoms with Gasteiger partial charge in [0, 0.05) is 49.6 Å². The quantitative estimate of drug-likeness (QED) is 0.744. The molecule has 0 radical (unpaired) electrons. The van der Waals surface area contributed by atoms with E-state index in [2.05, 4.69) is 77.6 Å². The fourth-order valence-corrected chi connectivity index (χ4v) is 4.98. The SMILES string of the molecule is C=C1C2=C(CCN(CC3=CCC(C)C=C3)C2)N2CCN=C2N1Cc1ccccc1C. The number of aliphatic imine (C=N–C) groups is 1. The van der Waals surface area contributed by atoms with Crippen LogP contribution in [0.4, 0.5) is 0 Å². The number of allylic oxidation sites excluding steroid dienone is 2. The molecule has 0 fully saturated rings. The highest BCUT2D eigenvalue weighted by molar-refractivity contribution is 5.88. The van der Waals surface area contributed by atoms with Crippen LogP contribution in [0.2, 0.25) is 0 Å². The third-order valence-electron chi connectivity index (χ3n) is 6.84. The average Bonchev–Trinajstić information content (AvgIpc) is 3.24. The van der Waals surface area contributed by atoms with Crippen molar-refractivity contribution in [2.45, 2.75) is 33.2 Å². The summed E-state index contributed by atoms with van der Waals surface area (Å²) in [5, 5.41) is 0. The summed E-state index contributed by atoms with van der Waals surface area (Å²) in [7, 11) is 0. The van der Waals surface area contributed by atoms with E-state index in [0.29, 0.717) is 5.92 Å². The molecule has 1 aliphatic carbocycles. The van der Waals surface area contributed by atoms with Crippen LogP contribution < -0.4 is 0 Å². The molecule has 0 amide bonds. The molecule has 0 bridgehead atoms. The molecule has 1 aromatic carbocycles. The fraction of sp³-hybridized carbons (Fsp3) is 0.423. The van der Waals surface area contributed by atoms with Crippen molar-refractivity contribution in [2.24, 2.45) is 10.9 Å². The molecule has 3 aliphatic heterocycles. The first-order valence-corrected chi connectivity index (χ1v) is 11.2. The van der Waals surface area contributed by atoms with Crippen molar-refractivity contribution in [1.29, 1.82) is 0 Å². The summed E-state index contributed by atoms with van der Waals surface area (Å²) in [6.45, 7) is 14.9. The second-order valence-electron chi connectivity index (χ2n) is 9.03. The number of rotatable bonds is 4. The van der Waals surface area contributed by atoms with Gasteiger partial charge in [0.15, 0.2) is 0 Å². The van der Waals surface area contributed by atoms with Crippen molar-refractivity contribution >= 4 is 5.96 Å². The van der Waals surface area contributed by atoms with Crippen molar-refractivity contribution in [2.75, 3.05) is 32.7 Å². The third kappa shape index (κ3) is 3.54. The predicted octanol–water partition coefficient (Wildman–Crippen LogP) is 4.48. The number of guanidine groups is 1. The first-order valence-electron chi connectivity index (χ1n) is 11.2. The molecule has 0 N–H and O–H groups in total. The maximum absolute atomic E-state index is 4.87. The van der Waals surface area contributed by atoms with Gasteiger partial charge in [-0.3, -0.25) is 9.89 Å². The molecule has 156 valence electrons. The molecule has 0 saturated heterocycles. The Morgan fingerprint density at radius 1 is 1.17 bits per heavy atom. The maximum atomic E-state index is 4.87. The van der Waals surface area contributed by atoms with Crippen molar-refractivity contribution in [3.63, 3.8) is 0 Å². The Hall–Kier alpha value is -2.59. The fourth-order valence-electron chi connectivity index (χ4n) is 4.98. The average molecular weight is 401 g/mol. The first kappa shape index (κ1) is 19.4. The number of hydrogen-bond acceptors (Lipinski definition) is 4. The number of hydrogen-bond donors (Lipinski definition) is 0. The lowest BCUT2D eigenvalue weighted by Crippen LogP contribution is -2.49. The second-order valence-corrected chi connectivity index (χ2v) is 9.03. The molecular weight excluding hydrogens is 368 g/mol. The summed E-state index contributed by atoms with van der Waals surface area (Å²) >= 11 is 0. The van der Waals surface area contributed by atoms with Gasteiger partial charge in [-0.15, -0.1) is 0 Å². The smallest absolute Gasteiger partial charge is 0.205 e. The second kappa shape index (κ2) is 7.92. The van der Waals surface area contributed by atoms with E-state index in [9.17, 15) is 0 Å². The summed E-state index contributed by atoms with van der Waals surface area (Å²) < 4.78 is 0. The van der Waals surface area contributed by atoms with Crippen LogP contribution in [0.3, 0.4) is 0 Å². The molecule has 4 nitrogen and oxygen atoms in total. The van der Waals surface area contributed by atoms with Crippen LogP contribution in [0.5, 0.6) is 0 Å². The minimum Gasteiger partial charge on any atom is -0.314 e. The first-order chi connectivity index (χ1) is 14.6. The van der Waals surface area contributed by atoms with Gasteiger partial charge < -0.3 is 9.80 Å².